The smallest absolute Gasteiger partial charge is 0.328 e. The number of aromatic nitrogens is 1. The van der Waals surface area contributed by atoms with Crippen LogP contribution in [0.1, 0.15) is 31.7 Å². The zero-order chi connectivity index (χ0) is 13.8. The molecule has 0 aromatic carbocycles. The van der Waals surface area contributed by atoms with Gasteiger partial charge in [-0.2, -0.15) is 0 Å². The van der Waals surface area contributed by atoms with E-state index < -0.39 is 0 Å². The quantitative estimate of drug-likeness (QED) is 0.800. The normalized spacial score (nSPS) is 19.3. The molecule has 1 aliphatic rings. The number of ether oxygens (including phenoxy) is 1. The van der Waals surface area contributed by atoms with Crippen LogP contribution in [-0.4, -0.2) is 30.1 Å². The van der Waals surface area contributed by atoms with Gasteiger partial charge in [0.1, 0.15) is 11.9 Å². The van der Waals surface area contributed by atoms with Crippen LogP contribution in [0.25, 0.3) is 0 Å². The predicted octanol–water partition coefficient (Wildman–Crippen LogP) is 3.07. The topological polar surface area (TPSA) is 42.4 Å². The molecule has 1 aromatic heterocycles. The number of carbonyl (C=O) groups excluding carboxylic acids is 1. The Bertz CT molecular complexity index is 465. The SMILES string of the molecule is CCOC(=O)C1CCCCN1c1ncc(C)cc1Br. The zero-order valence-corrected chi connectivity index (χ0v) is 12.9. The van der Waals surface area contributed by atoms with Crippen molar-refractivity contribution < 1.29 is 9.53 Å². The molecular formula is C14H19BrN2O2. The molecule has 0 aliphatic carbocycles. The van der Waals surface area contributed by atoms with Gasteiger partial charge in [0.15, 0.2) is 0 Å². The van der Waals surface area contributed by atoms with Gasteiger partial charge >= 0.3 is 5.97 Å². The van der Waals surface area contributed by atoms with Crippen LogP contribution in [0.15, 0.2) is 16.7 Å². The molecule has 2 rings (SSSR count). The first kappa shape index (κ1) is 14.3. The third kappa shape index (κ3) is 3.26. The molecule has 0 bridgehead atoms. The summed E-state index contributed by atoms with van der Waals surface area (Å²) in [7, 11) is 0. The third-order valence-corrected chi connectivity index (χ3v) is 3.88. The molecule has 1 aromatic rings. The van der Waals surface area contributed by atoms with E-state index in [0.717, 1.165) is 41.7 Å². The van der Waals surface area contributed by atoms with Crippen molar-refractivity contribution in [3.63, 3.8) is 0 Å². The van der Waals surface area contributed by atoms with Crippen molar-refractivity contribution in [2.75, 3.05) is 18.1 Å². The van der Waals surface area contributed by atoms with Crippen LogP contribution in [0.3, 0.4) is 0 Å². The largest absolute Gasteiger partial charge is 0.464 e. The highest BCUT2D eigenvalue weighted by atomic mass is 79.9. The van der Waals surface area contributed by atoms with Gasteiger partial charge in [-0.25, -0.2) is 9.78 Å². The first-order chi connectivity index (χ1) is 9.13. The maximum atomic E-state index is 12.1. The standard InChI is InChI=1S/C14H19BrN2O2/c1-3-19-14(18)12-6-4-5-7-17(12)13-11(15)8-10(2)9-16-13/h8-9,12H,3-7H2,1-2H3. The van der Waals surface area contributed by atoms with Crippen molar-refractivity contribution in [1.82, 2.24) is 4.98 Å². The summed E-state index contributed by atoms with van der Waals surface area (Å²) in [6.45, 7) is 5.11. The van der Waals surface area contributed by atoms with E-state index in [0.29, 0.717) is 6.61 Å². The highest BCUT2D eigenvalue weighted by Crippen LogP contribution is 2.30. The van der Waals surface area contributed by atoms with Crippen LogP contribution in [0.4, 0.5) is 5.82 Å². The summed E-state index contributed by atoms with van der Waals surface area (Å²) < 4.78 is 6.11. The van der Waals surface area contributed by atoms with Crippen molar-refractivity contribution in [3.05, 3.63) is 22.3 Å². The first-order valence-corrected chi connectivity index (χ1v) is 7.48. The van der Waals surface area contributed by atoms with Gasteiger partial charge in [0.2, 0.25) is 0 Å². The molecule has 0 saturated carbocycles. The monoisotopic (exact) mass is 326 g/mol. The third-order valence-electron chi connectivity index (χ3n) is 3.29. The molecule has 1 unspecified atom stereocenters. The van der Waals surface area contributed by atoms with Crippen molar-refractivity contribution >= 4 is 27.7 Å². The van der Waals surface area contributed by atoms with E-state index in [1.54, 1.807) is 0 Å². The van der Waals surface area contributed by atoms with Gasteiger partial charge in [0, 0.05) is 12.7 Å². The molecule has 104 valence electrons. The van der Waals surface area contributed by atoms with Crippen LogP contribution >= 0.6 is 15.9 Å². The van der Waals surface area contributed by atoms with Gasteiger partial charge in [0.25, 0.3) is 0 Å². The summed E-state index contributed by atoms with van der Waals surface area (Å²) in [4.78, 5) is 18.6. The lowest BCUT2D eigenvalue weighted by molar-refractivity contribution is -0.145. The minimum Gasteiger partial charge on any atom is -0.464 e. The molecule has 0 amide bonds. The zero-order valence-electron chi connectivity index (χ0n) is 11.4. The fourth-order valence-corrected chi connectivity index (χ4v) is 3.10. The Kier molecular flexibility index (Phi) is 4.80. The highest BCUT2D eigenvalue weighted by Gasteiger charge is 2.31. The number of rotatable bonds is 3. The van der Waals surface area contributed by atoms with E-state index in [1.807, 2.05) is 26.1 Å². The maximum Gasteiger partial charge on any atom is 0.328 e. The summed E-state index contributed by atoms with van der Waals surface area (Å²) in [5.41, 5.74) is 1.10. The van der Waals surface area contributed by atoms with Gasteiger partial charge < -0.3 is 9.64 Å². The van der Waals surface area contributed by atoms with Crippen molar-refractivity contribution in [2.24, 2.45) is 0 Å². The number of nitrogens with zero attached hydrogens (tertiary/aromatic N) is 2. The van der Waals surface area contributed by atoms with Gasteiger partial charge in [-0.15, -0.1) is 0 Å². The van der Waals surface area contributed by atoms with Crippen LogP contribution < -0.4 is 4.90 Å². The second kappa shape index (κ2) is 6.37. The summed E-state index contributed by atoms with van der Waals surface area (Å²) in [5, 5.41) is 0. The Hall–Kier alpha value is -1.10. The average Bonchev–Trinajstić information content (AvgIpc) is 2.39. The number of esters is 1. The Labute approximate surface area is 122 Å². The van der Waals surface area contributed by atoms with Crippen LogP contribution in [-0.2, 0) is 9.53 Å². The number of piperidine rings is 1. The predicted molar refractivity (Wildman–Crippen MR) is 78.3 cm³/mol. The number of halogens is 1. The van der Waals surface area contributed by atoms with Gasteiger partial charge in [-0.1, -0.05) is 0 Å². The molecule has 1 atom stereocenters. The molecule has 19 heavy (non-hydrogen) atoms. The fourth-order valence-electron chi connectivity index (χ4n) is 2.41. The number of hydrogen-bond acceptors (Lipinski definition) is 4. The van der Waals surface area contributed by atoms with E-state index in [2.05, 4.69) is 25.8 Å². The number of carbonyl (C=O) groups is 1. The number of aryl methyl sites for hydroxylation is 1. The Morgan fingerprint density at radius 1 is 1.58 bits per heavy atom. The Morgan fingerprint density at radius 2 is 2.37 bits per heavy atom. The van der Waals surface area contributed by atoms with E-state index in [4.69, 9.17) is 4.74 Å². The molecule has 5 heteroatoms. The Balaban J connectivity index is 2.26. The summed E-state index contributed by atoms with van der Waals surface area (Å²) in [6, 6.07) is 1.82. The second-order valence-corrected chi connectivity index (χ2v) is 5.63. The molecule has 1 aliphatic heterocycles. The van der Waals surface area contributed by atoms with Gasteiger partial charge in [0.05, 0.1) is 11.1 Å². The summed E-state index contributed by atoms with van der Waals surface area (Å²) >= 11 is 3.54. The number of hydrogen-bond donors (Lipinski definition) is 0. The lowest BCUT2D eigenvalue weighted by Gasteiger charge is -2.35. The molecule has 0 spiro atoms. The second-order valence-electron chi connectivity index (χ2n) is 4.78. The van der Waals surface area contributed by atoms with E-state index >= 15 is 0 Å². The highest BCUT2D eigenvalue weighted by molar-refractivity contribution is 9.10. The molecule has 0 N–H and O–H groups in total. The van der Waals surface area contributed by atoms with E-state index in [1.165, 1.54) is 0 Å². The minimum atomic E-state index is -0.208. The molecule has 1 saturated heterocycles. The summed E-state index contributed by atoms with van der Waals surface area (Å²) in [5.74, 6) is 0.694. The number of pyridine rings is 1. The van der Waals surface area contributed by atoms with Crippen LogP contribution in [0.5, 0.6) is 0 Å². The minimum absolute atomic E-state index is 0.142. The van der Waals surface area contributed by atoms with Crippen LogP contribution in [0.2, 0.25) is 0 Å². The molecule has 4 nitrogen and oxygen atoms in total. The Morgan fingerprint density at radius 3 is 3.05 bits per heavy atom. The van der Waals surface area contributed by atoms with E-state index in [9.17, 15) is 4.79 Å². The lowest BCUT2D eigenvalue weighted by Crippen LogP contribution is -2.46. The van der Waals surface area contributed by atoms with Crippen molar-refractivity contribution in [2.45, 2.75) is 39.2 Å². The maximum absolute atomic E-state index is 12.1. The molecule has 2 heterocycles. The molecule has 1 fully saturated rings. The summed E-state index contributed by atoms with van der Waals surface area (Å²) in [6.07, 6.45) is 4.80. The molecule has 0 radical (unpaired) electrons. The van der Waals surface area contributed by atoms with Gasteiger partial charge in [-0.05, 0) is 60.7 Å². The fraction of sp³-hybridized carbons (Fsp3) is 0.571. The average molecular weight is 327 g/mol. The van der Waals surface area contributed by atoms with Crippen molar-refractivity contribution in [3.8, 4) is 0 Å². The van der Waals surface area contributed by atoms with Gasteiger partial charge in [-0.3, -0.25) is 0 Å². The number of anilines is 1. The first-order valence-electron chi connectivity index (χ1n) is 6.69. The lowest BCUT2D eigenvalue weighted by atomic mass is 10.0. The van der Waals surface area contributed by atoms with Crippen molar-refractivity contribution in [1.29, 1.82) is 0 Å². The van der Waals surface area contributed by atoms with Crippen LogP contribution in [0, 0.1) is 6.92 Å². The molecular weight excluding hydrogens is 308 g/mol. The van der Waals surface area contributed by atoms with E-state index in [-0.39, 0.29) is 12.0 Å².